The van der Waals surface area contributed by atoms with Gasteiger partial charge in [-0.05, 0) is 67.5 Å². The largest absolute Gasteiger partial charge is 0.486 e. The van der Waals surface area contributed by atoms with Crippen molar-refractivity contribution in [1.82, 2.24) is 5.32 Å². The summed E-state index contributed by atoms with van der Waals surface area (Å²) in [5, 5.41) is 2.99. The van der Waals surface area contributed by atoms with Gasteiger partial charge in [0, 0.05) is 0 Å². The molecule has 0 saturated heterocycles. The first-order valence-corrected chi connectivity index (χ1v) is 9.63. The number of aryl methyl sites for hydroxylation is 1. The number of nitrogens with one attached hydrogen (secondary N) is 1. The highest BCUT2D eigenvalue weighted by Crippen LogP contribution is 2.33. The number of fused-ring (bicyclic) bond motifs is 2. The number of carbonyl (C=O) groups excluding carboxylic acids is 1. The van der Waals surface area contributed by atoms with Gasteiger partial charge in [0.25, 0.3) is 5.91 Å². The summed E-state index contributed by atoms with van der Waals surface area (Å²) in [5.74, 6) is 2.19. The Labute approximate surface area is 159 Å². The van der Waals surface area contributed by atoms with Crippen LogP contribution in [0.15, 0.2) is 36.4 Å². The van der Waals surface area contributed by atoms with E-state index < -0.39 is 0 Å². The molecule has 1 amide bonds. The molecule has 2 aromatic rings. The molecule has 142 valence electrons. The highest BCUT2D eigenvalue weighted by atomic mass is 16.6. The van der Waals surface area contributed by atoms with E-state index in [0.29, 0.717) is 13.2 Å². The van der Waals surface area contributed by atoms with E-state index in [1.54, 1.807) is 0 Å². The van der Waals surface area contributed by atoms with Gasteiger partial charge in [0.2, 0.25) is 0 Å². The molecular weight excluding hydrogens is 342 g/mol. The van der Waals surface area contributed by atoms with Crippen LogP contribution in [0.25, 0.3) is 0 Å². The molecule has 27 heavy (non-hydrogen) atoms. The molecule has 0 spiro atoms. The molecular formula is C22H25NO4. The summed E-state index contributed by atoms with van der Waals surface area (Å²) in [6.45, 7) is 3.09. The lowest BCUT2D eigenvalue weighted by molar-refractivity contribution is -0.123. The summed E-state index contributed by atoms with van der Waals surface area (Å²) in [6.07, 6.45) is 4.53. The second-order valence-corrected chi connectivity index (χ2v) is 7.08. The molecule has 0 fully saturated rings. The van der Waals surface area contributed by atoms with Crippen molar-refractivity contribution < 1.29 is 19.0 Å². The van der Waals surface area contributed by atoms with Gasteiger partial charge in [-0.15, -0.1) is 0 Å². The van der Waals surface area contributed by atoms with Crippen LogP contribution in [0.4, 0.5) is 0 Å². The Hall–Kier alpha value is -2.69. The Morgan fingerprint density at radius 1 is 1.11 bits per heavy atom. The van der Waals surface area contributed by atoms with Crippen LogP contribution in [0.5, 0.6) is 17.2 Å². The number of ether oxygens (including phenoxy) is 3. The van der Waals surface area contributed by atoms with Crippen LogP contribution >= 0.6 is 0 Å². The minimum absolute atomic E-state index is 0.0192. The Balaban J connectivity index is 1.36. The van der Waals surface area contributed by atoms with Crippen LogP contribution in [0.2, 0.25) is 0 Å². The van der Waals surface area contributed by atoms with Gasteiger partial charge in [0.15, 0.2) is 18.1 Å². The van der Waals surface area contributed by atoms with Gasteiger partial charge in [0.05, 0.1) is 6.04 Å². The van der Waals surface area contributed by atoms with Crippen molar-refractivity contribution in [2.24, 2.45) is 0 Å². The number of carbonyl (C=O) groups is 1. The van der Waals surface area contributed by atoms with E-state index in [9.17, 15) is 4.79 Å². The zero-order valence-corrected chi connectivity index (χ0v) is 15.6. The number of rotatable bonds is 5. The maximum atomic E-state index is 12.4. The third-order valence-electron chi connectivity index (χ3n) is 5.16. The molecule has 1 atom stereocenters. The van der Waals surface area contributed by atoms with Gasteiger partial charge in [-0.25, -0.2) is 0 Å². The fraction of sp³-hybridized carbons (Fsp3) is 0.409. The van der Waals surface area contributed by atoms with Crippen molar-refractivity contribution in [3.8, 4) is 17.2 Å². The Morgan fingerprint density at radius 3 is 2.81 bits per heavy atom. The molecule has 1 heterocycles. The SMILES string of the molecule is C[C@H](NC(=O)COc1cccc2c1CCCC2)c1ccc2c(c1)OCCO2. The molecule has 2 aromatic carbocycles. The van der Waals surface area contributed by atoms with Gasteiger partial charge < -0.3 is 19.5 Å². The van der Waals surface area contributed by atoms with E-state index in [2.05, 4.69) is 11.4 Å². The Kier molecular flexibility index (Phi) is 5.19. The molecule has 0 radical (unpaired) electrons. The predicted octanol–water partition coefficient (Wildman–Crippen LogP) is 3.59. The fourth-order valence-corrected chi connectivity index (χ4v) is 3.72. The lowest BCUT2D eigenvalue weighted by atomic mass is 9.91. The third-order valence-corrected chi connectivity index (χ3v) is 5.16. The number of amides is 1. The predicted molar refractivity (Wildman–Crippen MR) is 103 cm³/mol. The van der Waals surface area contributed by atoms with E-state index in [0.717, 1.165) is 35.7 Å². The van der Waals surface area contributed by atoms with E-state index in [1.165, 1.54) is 24.0 Å². The van der Waals surface area contributed by atoms with Gasteiger partial charge in [-0.3, -0.25) is 4.79 Å². The van der Waals surface area contributed by atoms with Crippen molar-refractivity contribution in [3.63, 3.8) is 0 Å². The van der Waals surface area contributed by atoms with Crippen LogP contribution in [0.1, 0.15) is 42.5 Å². The van der Waals surface area contributed by atoms with E-state index >= 15 is 0 Å². The van der Waals surface area contributed by atoms with Crippen LogP contribution < -0.4 is 19.5 Å². The van der Waals surface area contributed by atoms with E-state index in [-0.39, 0.29) is 18.6 Å². The summed E-state index contributed by atoms with van der Waals surface area (Å²) in [4.78, 5) is 12.4. The normalized spacial score (nSPS) is 16.2. The molecule has 1 aliphatic carbocycles. The topological polar surface area (TPSA) is 56.8 Å². The van der Waals surface area contributed by atoms with Crippen molar-refractivity contribution in [2.45, 2.75) is 38.6 Å². The van der Waals surface area contributed by atoms with Crippen LogP contribution in [0, 0.1) is 0 Å². The van der Waals surface area contributed by atoms with Gasteiger partial charge in [-0.2, -0.15) is 0 Å². The quantitative estimate of drug-likeness (QED) is 0.877. The molecule has 5 heteroatoms. The summed E-state index contributed by atoms with van der Waals surface area (Å²) >= 11 is 0. The minimum Gasteiger partial charge on any atom is -0.486 e. The Morgan fingerprint density at radius 2 is 1.93 bits per heavy atom. The summed E-state index contributed by atoms with van der Waals surface area (Å²) in [7, 11) is 0. The number of hydrogen-bond donors (Lipinski definition) is 1. The number of hydrogen-bond acceptors (Lipinski definition) is 4. The van der Waals surface area contributed by atoms with Crippen molar-refractivity contribution in [3.05, 3.63) is 53.1 Å². The van der Waals surface area contributed by atoms with Crippen LogP contribution in [-0.4, -0.2) is 25.7 Å². The average molecular weight is 367 g/mol. The summed E-state index contributed by atoms with van der Waals surface area (Å²) in [5.41, 5.74) is 3.59. The van der Waals surface area contributed by atoms with E-state index in [4.69, 9.17) is 14.2 Å². The Bertz CT molecular complexity index is 833. The second-order valence-electron chi connectivity index (χ2n) is 7.08. The second kappa shape index (κ2) is 7.91. The minimum atomic E-state index is -0.137. The van der Waals surface area contributed by atoms with Crippen molar-refractivity contribution in [2.75, 3.05) is 19.8 Å². The molecule has 0 bridgehead atoms. The molecule has 5 nitrogen and oxygen atoms in total. The molecule has 2 aliphatic rings. The monoisotopic (exact) mass is 367 g/mol. The lowest BCUT2D eigenvalue weighted by Crippen LogP contribution is -2.31. The maximum Gasteiger partial charge on any atom is 0.258 e. The average Bonchev–Trinajstić information content (AvgIpc) is 2.71. The molecule has 1 N–H and O–H groups in total. The molecule has 0 aromatic heterocycles. The first kappa shape index (κ1) is 17.7. The first-order chi connectivity index (χ1) is 13.2. The van der Waals surface area contributed by atoms with Crippen molar-refractivity contribution >= 4 is 5.91 Å². The third kappa shape index (κ3) is 4.02. The van der Waals surface area contributed by atoms with Crippen LogP contribution in [-0.2, 0) is 17.6 Å². The molecule has 4 rings (SSSR count). The van der Waals surface area contributed by atoms with Crippen LogP contribution in [0.3, 0.4) is 0 Å². The fourth-order valence-electron chi connectivity index (χ4n) is 3.72. The zero-order valence-electron chi connectivity index (χ0n) is 15.6. The molecule has 1 aliphatic heterocycles. The van der Waals surface area contributed by atoms with E-state index in [1.807, 2.05) is 37.3 Å². The summed E-state index contributed by atoms with van der Waals surface area (Å²) < 4.78 is 17.0. The maximum absolute atomic E-state index is 12.4. The van der Waals surface area contributed by atoms with Gasteiger partial charge in [0.1, 0.15) is 19.0 Å². The zero-order chi connectivity index (χ0) is 18.6. The lowest BCUT2D eigenvalue weighted by Gasteiger charge is -2.21. The molecule has 0 saturated carbocycles. The summed E-state index contributed by atoms with van der Waals surface area (Å²) in [6, 6.07) is 11.8. The highest BCUT2D eigenvalue weighted by Gasteiger charge is 2.17. The number of benzene rings is 2. The van der Waals surface area contributed by atoms with Gasteiger partial charge >= 0.3 is 0 Å². The smallest absolute Gasteiger partial charge is 0.258 e. The van der Waals surface area contributed by atoms with Crippen molar-refractivity contribution in [1.29, 1.82) is 0 Å². The highest BCUT2D eigenvalue weighted by molar-refractivity contribution is 5.78. The standard InChI is InChI=1S/C22H25NO4/c1-15(17-9-10-20-21(13-17)26-12-11-25-20)23-22(24)14-27-19-8-4-6-16-5-2-3-7-18(16)19/h4,6,8-10,13,15H,2-3,5,7,11-12,14H2,1H3,(H,23,24)/t15-/m0/s1. The first-order valence-electron chi connectivity index (χ1n) is 9.63. The molecule has 0 unspecified atom stereocenters. The van der Waals surface area contributed by atoms with Gasteiger partial charge in [-0.1, -0.05) is 18.2 Å².